The largest absolute Gasteiger partial charge is 0.496 e. The van der Waals surface area contributed by atoms with Crippen LogP contribution in [0.25, 0.3) is 0 Å². The summed E-state index contributed by atoms with van der Waals surface area (Å²) >= 11 is 0. The van der Waals surface area contributed by atoms with Crippen molar-refractivity contribution in [3.05, 3.63) is 41.6 Å². The van der Waals surface area contributed by atoms with Gasteiger partial charge in [0.25, 0.3) is 5.91 Å². The van der Waals surface area contributed by atoms with Crippen LogP contribution in [0.15, 0.2) is 30.5 Å². The van der Waals surface area contributed by atoms with Crippen molar-refractivity contribution >= 4 is 11.7 Å². The Kier molecular flexibility index (Phi) is 6.57. The van der Waals surface area contributed by atoms with Crippen LogP contribution in [0.3, 0.4) is 0 Å². The topological polar surface area (TPSA) is 72.9 Å². The van der Waals surface area contributed by atoms with Gasteiger partial charge in [-0.05, 0) is 30.9 Å². The van der Waals surface area contributed by atoms with Crippen LogP contribution >= 0.6 is 0 Å². The molecule has 1 N–H and O–H groups in total. The Bertz CT molecular complexity index is 802. The van der Waals surface area contributed by atoms with Crippen LogP contribution in [0.5, 0.6) is 17.2 Å². The Hall–Kier alpha value is -2.96. The number of piperidine rings is 1. The van der Waals surface area contributed by atoms with Crippen LogP contribution in [0.1, 0.15) is 35.2 Å². The maximum Gasteiger partial charge on any atom is 0.255 e. The summed E-state index contributed by atoms with van der Waals surface area (Å²) in [6.07, 6.45) is 5.54. The molecule has 0 unspecified atom stereocenters. The van der Waals surface area contributed by atoms with Gasteiger partial charge in [-0.15, -0.1) is 0 Å². The average molecular weight is 385 g/mol. The standard InChI is InChI=1S/C21H27N3O4/c1-26-17-12-19(28-3)18(27-2)11-16(17)21(25)23-14-15-7-8-20(22-13-15)24-9-5-4-6-10-24/h7-8,11-13H,4-6,9-10,14H2,1-3H3,(H,23,25). The van der Waals surface area contributed by atoms with Crippen LogP contribution in [0.4, 0.5) is 5.82 Å². The first-order valence-electron chi connectivity index (χ1n) is 9.44. The van der Waals surface area contributed by atoms with E-state index >= 15 is 0 Å². The molecule has 1 aromatic carbocycles. The number of nitrogens with one attached hydrogen (secondary N) is 1. The summed E-state index contributed by atoms with van der Waals surface area (Å²) in [5.74, 6) is 2.15. The number of pyridine rings is 1. The van der Waals surface area contributed by atoms with E-state index in [0.717, 1.165) is 24.5 Å². The van der Waals surface area contributed by atoms with Crippen molar-refractivity contribution < 1.29 is 19.0 Å². The third kappa shape index (κ3) is 4.47. The zero-order valence-corrected chi connectivity index (χ0v) is 16.7. The second kappa shape index (κ2) is 9.30. The molecule has 1 aliphatic rings. The first kappa shape index (κ1) is 19.8. The second-order valence-corrected chi connectivity index (χ2v) is 6.66. The molecular formula is C21H27N3O4. The minimum atomic E-state index is -0.252. The summed E-state index contributed by atoms with van der Waals surface area (Å²) in [7, 11) is 4.58. The number of methoxy groups -OCH3 is 3. The van der Waals surface area contributed by atoms with Gasteiger partial charge in [0.05, 0.1) is 26.9 Å². The molecule has 28 heavy (non-hydrogen) atoms. The summed E-state index contributed by atoms with van der Waals surface area (Å²) in [4.78, 5) is 19.5. The van der Waals surface area contributed by atoms with Gasteiger partial charge < -0.3 is 24.4 Å². The van der Waals surface area contributed by atoms with E-state index in [0.29, 0.717) is 29.4 Å². The molecule has 0 spiro atoms. The molecule has 1 saturated heterocycles. The van der Waals surface area contributed by atoms with Crippen LogP contribution < -0.4 is 24.4 Å². The molecule has 7 nitrogen and oxygen atoms in total. The zero-order chi connectivity index (χ0) is 19.9. The van der Waals surface area contributed by atoms with Crippen LogP contribution in [-0.2, 0) is 6.54 Å². The summed E-state index contributed by atoms with van der Waals surface area (Å²) in [5.41, 5.74) is 1.33. The Balaban J connectivity index is 1.66. The number of hydrogen-bond donors (Lipinski definition) is 1. The summed E-state index contributed by atoms with van der Waals surface area (Å²) in [5, 5.41) is 2.91. The van der Waals surface area contributed by atoms with Gasteiger partial charge in [-0.3, -0.25) is 4.79 Å². The van der Waals surface area contributed by atoms with Crippen molar-refractivity contribution in [1.82, 2.24) is 10.3 Å². The highest BCUT2D eigenvalue weighted by atomic mass is 16.5. The van der Waals surface area contributed by atoms with Gasteiger partial charge in [0.15, 0.2) is 11.5 Å². The van der Waals surface area contributed by atoms with Gasteiger partial charge in [0.2, 0.25) is 0 Å². The smallest absolute Gasteiger partial charge is 0.255 e. The number of carbonyl (C=O) groups excluding carboxylic acids is 1. The SMILES string of the molecule is COc1cc(OC)c(C(=O)NCc2ccc(N3CCCCC3)nc2)cc1OC. The monoisotopic (exact) mass is 385 g/mol. The average Bonchev–Trinajstić information content (AvgIpc) is 2.77. The quantitative estimate of drug-likeness (QED) is 0.790. The lowest BCUT2D eigenvalue weighted by atomic mass is 10.1. The van der Waals surface area contributed by atoms with E-state index in [9.17, 15) is 4.79 Å². The molecule has 0 bridgehead atoms. The molecule has 7 heteroatoms. The number of hydrogen-bond acceptors (Lipinski definition) is 6. The lowest BCUT2D eigenvalue weighted by molar-refractivity contribution is 0.0947. The number of aromatic nitrogens is 1. The first-order valence-corrected chi connectivity index (χ1v) is 9.44. The van der Waals surface area contributed by atoms with Gasteiger partial charge in [0, 0.05) is 38.0 Å². The van der Waals surface area contributed by atoms with Crippen LogP contribution in [0.2, 0.25) is 0 Å². The maximum atomic E-state index is 12.7. The lowest BCUT2D eigenvalue weighted by Crippen LogP contribution is -2.30. The zero-order valence-electron chi connectivity index (χ0n) is 16.7. The van der Waals surface area contributed by atoms with E-state index in [1.807, 2.05) is 18.3 Å². The lowest BCUT2D eigenvalue weighted by Gasteiger charge is -2.27. The van der Waals surface area contributed by atoms with Crippen molar-refractivity contribution in [2.75, 3.05) is 39.3 Å². The van der Waals surface area contributed by atoms with E-state index < -0.39 is 0 Å². The number of amides is 1. The minimum absolute atomic E-state index is 0.252. The van der Waals surface area contributed by atoms with Crippen molar-refractivity contribution in [1.29, 1.82) is 0 Å². The Morgan fingerprint density at radius 3 is 2.29 bits per heavy atom. The van der Waals surface area contributed by atoms with Gasteiger partial charge in [-0.1, -0.05) is 6.07 Å². The molecule has 1 aliphatic heterocycles. The number of nitrogens with zero attached hydrogens (tertiary/aromatic N) is 2. The minimum Gasteiger partial charge on any atom is -0.496 e. The highest BCUT2D eigenvalue weighted by molar-refractivity contribution is 5.97. The maximum absolute atomic E-state index is 12.7. The van der Waals surface area contributed by atoms with Crippen LogP contribution in [0, 0.1) is 0 Å². The normalized spacial score (nSPS) is 13.8. The molecule has 0 radical (unpaired) electrons. The van der Waals surface area contributed by atoms with Gasteiger partial charge in [-0.25, -0.2) is 4.98 Å². The van der Waals surface area contributed by atoms with Gasteiger partial charge in [0.1, 0.15) is 11.6 Å². The first-order chi connectivity index (χ1) is 13.7. The fourth-order valence-corrected chi connectivity index (χ4v) is 3.32. The van der Waals surface area contributed by atoms with E-state index in [1.54, 1.807) is 12.1 Å². The van der Waals surface area contributed by atoms with Crippen LogP contribution in [-0.4, -0.2) is 45.3 Å². The van der Waals surface area contributed by atoms with E-state index in [1.165, 1.54) is 40.6 Å². The van der Waals surface area contributed by atoms with Crippen molar-refractivity contribution in [2.24, 2.45) is 0 Å². The fraction of sp³-hybridized carbons (Fsp3) is 0.429. The van der Waals surface area contributed by atoms with Gasteiger partial charge >= 0.3 is 0 Å². The summed E-state index contributed by atoms with van der Waals surface area (Å²) in [6, 6.07) is 7.28. The summed E-state index contributed by atoms with van der Waals surface area (Å²) < 4.78 is 15.9. The summed E-state index contributed by atoms with van der Waals surface area (Å²) in [6.45, 7) is 2.49. The molecule has 3 rings (SSSR count). The van der Waals surface area contributed by atoms with Crippen molar-refractivity contribution in [3.63, 3.8) is 0 Å². The Morgan fingerprint density at radius 1 is 1.00 bits per heavy atom. The third-order valence-electron chi connectivity index (χ3n) is 4.89. The molecule has 0 aliphatic carbocycles. The number of carbonyl (C=O) groups is 1. The Morgan fingerprint density at radius 2 is 1.68 bits per heavy atom. The molecule has 0 atom stereocenters. The Labute approximate surface area is 165 Å². The molecule has 1 aromatic heterocycles. The molecule has 1 fully saturated rings. The molecule has 2 heterocycles. The van der Waals surface area contributed by atoms with Crippen molar-refractivity contribution in [2.45, 2.75) is 25.8 Å². The molecule has 0 saturated carbocycles. The third-order valence-corrected chi connectivity index (χ3v) is 4.89. The highest BCUT2D eigenvalue weighted by Crippen LogP contribution is 2.34. The fourth-order valence-electron chi connectivity index (χ4n) is 3.32. The van der Waals surface area contributed by atoms with E-state index in [2.05, 4.69) is 15.2 Å². The predicted octanol–water partition coefficient (Wildman–Crippen LogP) is 3.03. The second-order valence-electron chi connectivity index (χ2n) is 6.66. The number of benzene rings is 1. The van der Waals surface area contributed by atoms with E-state index in [-0.39, 0.29) is 5.91 Å². The number of anilines is 1. The molecule has 1 amide bonds. The molecular weight excluding hydrogens is 358 g/mol. The highest BCUT2D eigenvalue weighted by Gasteiger charge is 2.18. The van der Waals surface area contributed by atoms with Crippen molar-refractivity contribution in [3.8, 4) is 17.2 Å². The van der Waals surface area contributed by atoms with Gasteiger partial charge in [-0.2, -0.15) is 0 Å². The number of ether oxygens (including phenoxy) is 3. The predicted molar refractivity (Wildman–Crippen MR) is 108 cm³/mol. The molecule has 150 valence electrons. The number of rotatable bonds is 7. The van der Waals surface area contributed by atoms with E-state index in [4.69, 9.17) is 14.2 Å². The molecule has 2 aromatic rings.